The Kier molecular flexibility index (Phi) is 45.6. The predicted molar refractivity (Wildman–Crippen MR) is 388 cm³/mol. The van der Waals surface area contributed by atoms with E-state index in [1.165, 1.54) is 34.6 Å². The summed E-state index contributed by atoms with van der Waals surface area (Å²) in [5.41, 5.74) is 27.7. The first-order valence-corrected chi connectivity index (χ1v) is 35.5. The van der Waals surface area contributed by atoms with Gasteiger partial charge in [-0.1, -0.05) is 75.7 Å². The van der Waals surface area contributed by atoms with Crippen molar-refractivity contribution in [3.63, 3.8) is 0 Å². The number of amides is 15. The molecular formula is C66H114N20O23. The molecule has 0 aromatic rings. The van der Waals surface area contributed by atoms with E-state index in [4.69, 9.17) is 28.7 Å². The highest BCUT2D eigenvalue weighted by Gasteiger charge is 2.38. The van der Waals surface area contributed by atoms with Crippen molar-refractivity contribution in [3.8, 4) is 0 Å². The number of carbonyl (C=O) groups is 19. The summed E-state index contributed by atoms with van der Waals surface area (Å²) in [4.78, 5) is 252. The number of nitrogens with one attached hydrogen (secondary N) is 14. The zero-order valence-electron chi connectivity index (χ0n) is 63.4. The first kappa shape index (κ1) is 98.1. The number of carboxylic acid groups (broad SMARTS) is 4. The fourth-order valence-electron chi connectivity index (χ4n) is 10.1. The molecule has 0 rings (SSSR count). The number of carbonyl (C=O) groups excluding carboxylic acids is 15. The zero-order chi connectivity index (χ0) is 83.7. The Balaban J connectivity index is 6.25. The molecule has 0 aromatic heterocycles. The molecule has 616 valence electrons. The number of nitrogens with zero attached hydrogens (tertiary/aromatic N) is 1. The maximum Gasteiger partial charge on any atom is 0.326 e. The zero-order valence-corrected chi connectivity index (χ0v) is 63.4. The van der Waals surface area contributed by atoms with E-state index in [2.05, 4.69) is 79.4 Å². The maximum atomic E-state index is 13.9. The lowest BCUT2D eigenvalue weighted by molar-refractivity contribution is -0.143. The van der Waals surface area contributed by atoms with Crippen LogP contribution in [0, 0.1) is 29.6 Å². The van der Waals surface area contributed by atoms with Gasteiger partial charge in [-0.25, -0.2) is 4.79 Å². The van der Waals surface area contributed by atoms with Crippen molar-refractivity contribution in [2.75, 3.05) is 32.7 Å². The van der Waals surface area contributed by atoms with E-state index >= 15 is 0 Å². The molecule has 15 amide bonds. The van der Waals surface area contributed by atoms with Crippen LogP contribution in [0.5, 0.6) is 0 Å². The van der Waals surface area contributed by atoms with Crippen LogP contribution in [0.1, 0.15) is 160 Å². The highest BCUT2D eigenvalue weighted by Crippen LogP contribution is 2.13. The quantitative estimate of drug-likeness (QED) is 0.0153. The topological polar surface area (TPSA) is 716 Å². The van der Waals surface area contributed by atoms with Gasteiger partial charge in [0.05, 0.1) is 38.5 Å². The molecule has 43 nitrogen and oxygen atoms in total. The normalized spacial score (nSPS) is 14.4. The molecule has 0 bridgehead atoms. The average Bonchev–Trinajstić information content (AvgIpc) is 0.856. The number of aliphatic carboxylic acids is 4. The summed E-state index contributed by atoms with van der Waals surface area (Å²) in [7, 11) is 0. The van der Waals surface area contributed by atoms with Crippen molar-refractivity contribution < 1.29 is 112 Å². The van der Waals surface area contributed by atoms with Gasteiger partial charge in [0.15, 0.2) is 5.96 Å². The number of carboxylic acids is 4. The lowest BCUT2D eigenvalue weighted by atomic mass is 10.00. The van der Waals surface area contributed by atoms with Crippen LogP contribution in [0.25, 0.3) is 0 Å². The molecule has 0 fully saturated rings. The van der Waals surface area contributed by atoms with E-state index < -0.39 is 261 Å². The first-order valence-electron chi connectivity index (χ1n) is 35.5. The fourth-order valence-corrected chi connectivity index (χ4v) is 10.1. The number of rotatable bonds is 54. The molecule has 0 saturated carbocycles. The second-order valence-corrected chi connectivity index (χ2v) is 27.7. The van der Waals surface area contributed by atoms with Gasteiger partial charge in [-0.15, -0.1) is 0 Å². The van der Waals surface area contributed by atoms with Gasteiger partial charge in [-0.2, -0.15) is 0 Å². The average molecular weight is 1560 g/mol. The molecule has 0 spiro atoms. The van der Waals surface area contributed by atoms with Gasteiger partial charge in [0.2, 0.25) is 88.6 Å². The second kappa shape index (κ2) is 50.6. The van der Waals surface area contributed by atoms with Crippen molar-refractivity contribution in [1.29, 1.82) is 0 Å². The summed E-state index contributed by atoms with van der Waals surface area (Å²) in [5.74, 6) is -24.3. The number of unbranched alkanes of at least 4 members (excludes halogenated alkanes) is 1. The number of primary amides is 1. The minimum absolute atomic E-state index is 0.0149. The van der Waals surface area contributed by atoms with Gasteiger partial charge < -0.3 is 124 Å². The third kappa shape index (κ3) is 41.2. The minimum atomic E-state index is -2.07. The van der Waals surface area contributed by atoms with Crippen molar-refractivity contribution in [3.05, 3.63) is 0 Å². The summed E-state index contributed by atoms with van der Waals surface area (Å²) in [6.07, 6.45) is -3.28. The van der Waals surface area contributed by atoms with E-state index in [1.54, 1.807) is 41.5 Å². The summed E-state index contributed by atoms with van der Waals surface area (Å²) >= 11 is 0. The van der Waals surface area contributed by atoms with Crippen LogP contribution in [0.4, 0.5) is 0 Å². The molecule has 0 radical (unpaired) electrons. The molecule has 0 heterocycles. The molecule has 109 heavy (non-hydrogen) atoms. The van der Waals surface area contributed by atoms with Crippen LogP contribution in [-0.2, 0) is 91.1 Å². The molecule has 0 aliphatic rings. The molecule has 0 unspecified atom stereocenters. The van der Waals surface area contributed by atoms with Gasteiger partial charge in [-0.3, -0.25) is 91.3 Å². The molecule has 0 aliphatic heterocycles. The molecule has 28 N–H and O–H groups in total. The fraction of sp³-hybridized carbons (Fsp3) is 0.697. The van der Waals surface area contributed by atoms with Gasteiger partial charge >= 0.3 is 23.9 Å². The monoisotopic (exact) mass is 1550 g/mol. The molecular weight excluding hydrogens is 1440 g/mol. The smallest absolute Gasteiger partial charge is 0.326 e. The number of aliphatic imine (C=N–C) groups is 1. The van der Waals surface area contributed by atoms with Crippen LogP contribution >= 0.6 is 0 Å². The minimum Gasteiger partial charge on any atom is -0.481 e. The Morgan fingerprint density at radius 1 is 0.349 bits per heavy atom. The maximum absolute atomic E-state index is 13.9. The van der Waals surface area contributed by atoms with Crippen molar-refractivity contribution in [1.82, 2.24) is 74.4 Å². The molecule has 0 aliphatic carbocycles. The molecule has 12 atom stereocenters. The van der Waals surface area contributed by atoms with Gasteiger partial charge in [0, 0.05) is 19.4 Å². The van der Waals surface area contributed by atoms with E-state index in [0.717, 1.165) is 0 Å². The van der Waals surface area contributed by atoms with Crippen LogP contribution in [-0.4, -0.2) is 244 Å². The van der Waals surface area contributed by atoms with Gasteiger partial charge in [-0.05, 0) is 94.4 Å². The Morgan fingerprint density at radius 3 is 1.19 bits per heavy atom. The summed E-state index contributed by atoms with van der Waals surface area (Å²) in [6.45, 7) is 14.8. The van der Waals surface area contributed by atoms with Crippen molar-refractivity contribution in [2.45, 2.75) is 232 Å². The predicted octanol–water partition coefficient (Wildman–Crippen LogP) is -7.58. The first-order chi connectivity index (χ1) is 50.7. The van der Waals surface area contributed by atoms with Crippen LogP contribution in [0.15, 0.2) is 4.99 Å². The van der Waals surface area contributed by atoms with Gasteiger partial charge in [0.25, 0.3) is 0 Å². The number of hydrogen-bond acceptors (Lipinski definition) is 22. The summed E-state index contributed by atoms with van der Waals surface area (Å²) in [6, 6.07) is -18.3. The van der Waals surface area contributed by atoms with E-state index in [1.807, 2.05) is 0 Å². The number of hydrogen-bond donors (Lipinski definition) is 23. The Labute approximate surface area is 630 Å². The van der Waals surface area contributed by atoms with Crippen LogP contribution < -0.4 is 103 Å². The lowest BCUT2D eigenvalue weighted by Crippen LogP contribution is -2.61. The van der Waals surface area contributed by atoms with Crippen LogP contribution in [0.2, 0.25) is 0 Å². The largest absolute Gasteiger partial charge is 0.481 e. The molecule has 0 aromatic carbocycles. The lowest BCUT2D eigenvalue weighted by Gasteiger charge is -2.29. The highest BCUT2D eigenvalue weighted by molar-refractivity contribution is 6.01. The molecule has 43 heteroatoms. The Hall–Kier alpha value is -10.9. The Morgan fingerprint density at radius 2 is 0.734 bits per heavy atom. The van der Waals surface area contributed by atoms with Crippen molar-refractivity contribution >= 4 is 118 Å². The van der Waals surface area contributed by atoms with E-state index in [0.29, 0.717) is 19.4 Å². The highest BCUT2D eigenvalue weighted by atomic mass is 16.4. The number of guanidine groups is 1. The standard InChI is InChI=1S/C66H114N20O23/c1-30(2)23-40(56(99)74-29-47(90)77-37(16-14-22-72-66(70)71)58(101)83-43(65(108)109)24-31(3)4)80-54(97)35(11)76-57(100)38(17-19-48(91)92)78-46(89)28-73-45(88)27-75-62(105)51(32(5)6)85-59(102)39(18-20-49(93)94)79-60(103)42(26-50(95)96)82-64(107)53(34(9)10)86-61(104)41(25-44(69)87)81-63(106)52(33(7)8)84-55(98)36(68)15-12-13-21-67/h30-43,51-53H,12-29,67-68H2,1-11H3,(H2,69,87)(H,73,88)(H,74,99)(H,75,105)(H,76,100)(H,77,90)(H,78,89)(H,79,103)(H,80,97)(H,81,106)(H,82,107)(H,83,101)(H,84,98)(H,85,102)(H,86,104)(H,91,92)(H,93,94)(H,95,96)(H,108,109)(H4,70,71,72)/t35-,36-,37-,38-,39-,40-,41-,42-,43-,51-,52-,53-/m0/s1. The third-order valence-corrected chi connectivity index (χ3v) is 16.0. The van der Waals surface area contributed by atoms with E-state index in [9.17, 15) is 112 Å². The third-order valence-electron chi connectivity index (χ3n) is 16.0. The Bertz CT molecular complexity index is 3200. The summed E-state index contributed by atoms with van der Waals surface area (Å²) < 4.78 is 0. The summed E-state index contributed by atoms with van der Waals surface area (Å²) in [5, 5.41) is 71.1. The van der Waals surface area contributed by atoms with Crippen LogP contribution in [0.3, 0.4) is 0 Å². The molecule has 0 saturated heterocycles. The number of nitrogens with two attached hydrogens (primary N) is 5. The van der Waals surface area contributed by atoms with E-state index in [-0.39, 0.29) is 56.4 Å². The van der Waals surface area contributed by atoms with Gasteiger partial charge in [0.1, 0.15) is 66.5 Å². The second-order valence-electron chi connectivity index (χ2n) is 27.7. The SMILES string of the molecule is CC(C)C[C@H](NC(=O)[C@H](CCCN=C(N)N)NC(=O)CNC(=O)[C@H](CC(C)C)NC(=O)[C@H](C)NC(=O)[C@H](CCC(=O)O)NC(=O)CNC(=O)CNC(=O)[C@@H](NC(=O)[C@H](CCC(=O)O)NC(=O)[C@H](CC(=O)O)NC(=O)[C@@H](NC(=O)[C@H](CC(N)=O)NC(=O)[C@@H](NC(=O)[C@@H](N)CCCCN)C(C)C)C(C)C)C(C)C)C(=O)O. The van der Waals surface area contributed by atoms with Crippen molar-refractivity contribution in [2.24, 2.45) is 63.3 Å².